The molecule has 58 heavy (non-hydrogen) atoms. The van der Waals surface area contributed by atoms with Gasteiger partial charge in [0.25, 0.3) is 0 Å². The number of hydrogen-bond donors (Lipinski definition) is 2. The lowest BCUT2D eigenvalue weighted by Crippen LogP contribution is -2.38. The fourth-order valence-electron chi connectivity index (χ4n) is 6.37. The van der Waals surface area contributed by atoms with Crippen LogP contribution in [0.25, 0.3) is 21.7 Å². The van der Waals surface area contributed by atoms with Gasteiger partial charge in [-0.25, -0.2) is 29.3 Å². The van der Waals surface area contributed by atoms with Crippen LogP contribution in [-0.2, 0) is 29.9 Å². The molecule has 3 aromatic heterocycles. The van der Waals surface area contributed by atoms with Crippen LogP contribution in [0.4, 0.5) is 23.8 Å². The largest absolute Gasteiger partial charge is 0.476 e. The number of rotatable bonds is 16. The molecule has 21 heteroatoms. The smallest absolute Gasteiger partial charge is 0.434 e. The highest BCUT2D eigenvalue weighted by Crippen LogP contribution is 2.43. The second-order valence-electron chi connectivity index (χ2n) is 13.3. The van der Waals surface area contributed by atoms with Crippen molar-refractivity contribution in [3.63, 3.8) is 0 Å². The number of nitrogens with zero attached hydrogens (tertiary/aromatic N) is 6. The monoisotopic (exact) mass is 836 g/mol. The number of anilines is 1. The maximum Gasteiger partial charge on any atom is 0.434 e. The molecule has 3 fully saturated rings. The summed E-state index contributed by atoms with van der Waals surface area (Å²) >= 11 is 0.630. The van der Waals surface area contributed by atoms with Gasteiger partial charge in [0.1, 0.15) is 36.2 Å². The maximum absolute atomic E-state index is 14.2. The van der Waals surface area contributed by atoms with Crippen LogP contribution in [0.15, 0.2) is 23.8 Å². The minimum Gasteiger partial charge on any atom is -0.476 e. The van der Waals surface area contributed by atoms with Crippen LogP contribution in [0.2, 0.25) is 0 Å². The minimum atomic E-state index is -4.82. The van der Waals surface area contributed by atoms with E-state index in [4.69, 9.17) is 28.4 Å². The van der Waals surface area contributed by atoms with Gasteiger partial charge in [0.2, 0.25) is 5.88 Å². The number of hydrogen-bond acceptors (Lipinski definition) is 16. The van der Waals surface area contributed by atoms with Crippen molar-refractivity contribution in [2.75, 3.05) is 130 Å². The van der Waals surface area contributed by atoms with Crippen molar-refractivity contribution in [1.29, 1.82) is 0 Å². The molecule has 0 unspecified atom stereocenters. The molecule has 17 nitrogen and oxygen atoms in total. The van der Waals surface area contributed by atoms with Crippen molar-refractivity contribution in [3.05, 3.63) is 40.7 Å². The lowest BCUT2D eigenvalue weighted by Gasteiger charge is -2.26. The van der Waals surface area contributed by atoms with Crippen LogP contribution in [-0.4, -0.2) is 173 Å². The van der Waals surface area contributed by atoms with Crippen molar-refractivity contribution in [2.24, 2.45) is 0 Å². The number of pyridine rings is 2. The van der Waals surface area contributed by atoms with Crippen LogP contribution in [0, 0.1) is 0 Å². The van der Waals surface area contributed by atoms with E-state index in [1.165, 1.54) is 18.5 Å². The first kappa shape index (κ1) is 43.1. The zero-order valence-electron chi connectivity index (χ0n) is 32.1. The summed E-state index contributed by atoms with van der Waals surface area (Å²) in [4.78, 5) is 59.6. The summed E-state index contributed by atoms with van der Waals surface area (Å²) in [7, 11) is 0. The molecule has 2 amide bonds. The van der Waals surface area contributed by atoms with Crippen LogP contribution in [0.3, 0.4) is 0 Å². The summed E-state index contributed by atoms with van der Waals surface area (Å²) in [6, 6.07) is 0.707. The van der Waals surface area contributed by atoms with E-state index in [9.17, 15) is 27.6 Å². The molecular formula is C37H47F3N8O9S. The Labute approximate surface area is 337 Å². The molecule has 3 aromatic rings. The zero-order valence-corrected chi connectivity index (χ0v) is 33.0. The topological polar surface area (TPSA) is 179 Å². The van der Waals surface area contributed by atoms with Gasteiger partial charge in [-0.3, -0.25) is 20.0 Å². The van der Waals surface area contributed by atoms with E-state index in [1.807, 2.05) is 4.90 Å². The van der Waals surface area contributed by atoms with Crippen molar-refractivity contribution < 1.29 is 56.0 Å². The quantitative estimate of drug-likeness (QED) is 0.201. The van der Waals surface area contributed by atoms with Gasteiger partial charge in [0, 0.05) is 99.9 Å². The molecule has 0 radical (unpaired) electrons. The maximum atomic E-state index is 14.2. The number of halogens is 3. The minimum absolute atomic E-state index is 0.00449. The summed E-state index contributed by atoms with van der Waals surface area (Å²) in [6.07, 6.45) is -2.27. The Balaban J connectivity index is 1.42. The van der Waals surface area contributed by atoms with Gasteiger partial charge < -0.3 is 33.7 Å². The second kappa shape index (κ2) is 21.0. The van der Waals surface area contributed by atoms with Gasteiger partial charge >= 0.3 is 24.1 Å². The summed E-state index contributed by atoms with van der Waals surface area (Å²) in [5, 5.41) is 5.70. The Kier molecular flexibility index (Phi) is 15.6. The van der Waals surface area contributed by atoms with Gasteiger partial charge in [-0.2, -0.15) is 13.2 Å². The number of esters is 2. The number of nitrogens with one attached hydrogen (secondary N) is 2. The van der Waals surface area contributed by atoms with E-state index in [0.29, 0.717) is 110 Å². The summed E-state index contributed by atoms with van der Waals surface area (Å²) in [5.74, 6) is -1.96. The molecule has 3 aliphatic rings. The van der Waals surface area contributed by atoms with Gasteiger partial charge in [-0.05, 0) is 13.0 Å². The van der Waals surface area contributed by atoms with Crippen molar-refractivity contribution in [2.45, 2.75) is 13.1 Å². The lowest BCUT2D eigenvalue weighted by molar-refractivity contribution is -0.140. The van der Waals surface area contributed by atoms with Gasteiger partial charge in [0.05, 0.1) is 45.2 Å². The van der Waals surface area contributed by atoms with Crippen molar-refractivity contribution in [1.82, 2.24) is 35.0 Å². The standard InChI is InChI=1S/C37H47F3N8O9S/c1-2-41-36(51)45-31-30(35(50)57-20-11-48-7-16-54-17-8-48)29(33-44-28(24-58-33)37(38,39)40)27(23-42-31)26-21-25(34(49)56-19-10-47-5-14-53-15-6-47)22-43-32(26)55-18-9-46-3-12-52-13-4-46/h21-24H,2-20H2,1H3,(H2,41,42,45,51). The Bertz CT molecular complexity index is 1850. The molecule has 0 saturated carbocycles. The van der Waals surface area contributed by atoms with Gasteiger partial charge in [-0.1, -0.05) is 0 Å². The number of aromatic nitrogens is 3. The predicted molar refractivity (Wildman–Crippen MR) is 204 cm³/mol. The fourth-order valence-corrected chi connectivity index (χ4v) is 7.26. The third kappa shape index (κ3) is 11.8. The normalized spacial score (nSPS) is 17.1. The van der Waals surface area contributed by atoms with Crippen molar-refractivity contribution >= 4 is 35.1 Å². The highest BCUT2D eigenvalue weighted by Gasteiger charge is 2.36. The molecular weight excluding hydrogens is 790 g/mol. The van der Waals surface area contributed by atoms with E-state index in [-0.39, 0.29) is 70.9 Å². The predicted octanol–water partition coefficient (Wildman–Crippen LogP) is 3.12. The number of alkyl halides is 3. The number of morpholine rings is 3. The molecule has 0 aliphatic carbocycles. The molecule has 3 saturated heterocycles. The van der Waals surface area contributed by atoms with Crippen LogP contribution < -0.4 is 15.4 Å². The third-order valence-electron chi connectivity index (χ3n) is 9.48. The highest BCUT2D eigenvalue weighted by molar-refractivity contribution is 7.13. The third-order valence-corrected chi connectivity index (χ3v) is 10.3. The molecule has 3 aliphatic heterocycles. The van der Waals surface area contributed by atoms with E-state index in [1.54, 1.807) is 6.92 Å². The van der Waals surface area contributed by atoms with E-state index in [2.05, 4.69) is 35.4 Å². The molecule has 6 heterocycles. The van der Waals surface area contributed by atoms with Gasteiger partial charge in [0.15, 0.2) is 5.69 Å². The molecule has 0 aromatic carbocycles. The Morgan fingerprint density at radius 1 is 0.793 bits per heavy atom. The molecule has 2 N–H and O–H groups in total. The first-order chi connectivity index (χ1) is 28.1. The molecule has 316 valence electrons. The Morgan fingerprint density at radius 2 is 1.36 bits per heavy atom. The van der Waals surface area contributed by atoms with Crippen molar-refractivity contribution in [3.8, 4) is 27.6 Å². The average molecular weight is 837 g/mol. The SMILES string of the molecule is CCNC(=O)Nc1ncc(-c2cc(C(=O)OCCN3CCOCC3)cnc2OCCN2CCOCC2)c(-c2nc(C(F)(F)F)cs2)c1C(=O)OCCN1CCOCC1. The fraction of sp³-hybridized carbons (Fsp3) is 0.568. The average Bonchev–Trinajstić information content (AvgIpc) is 3.73. The van der Waals surface area contributed by atoms with E-state index in [0.717, 1.165) is 5.38 Å². The Hall–Kier alpha value is -4.51. The molecule has 0 spiro atoms. The number of urea groups is 1. The number of carbonyl (C=O) groups excluding carboxylic acids is 3. The van der Waals surface area contributed by atoms with Crippen LogP contribution in [0.1, 0.15) is 33.3 Å². The van der Waals surface area contributed by atoms with E-state index >= 15 is 0 Å². The molecule has 0 atom stereocenters. The molecule has 6 rings (SSSR count). The number of amides is 2. The number of ether oxygens (including phenoxy) is 6. The zero-order chi connectivity index (χ0) is 40.9. The molecule has 0 bridgehead atoms. The summed E-state index contributed by atoms with van der Waals surface area (Å²) in [5.41, 5.74) is -1.53. The van der Waals surface area contributed by atoms with E-state index < -0.39 is 29.8 Å². The highest BCUT2D eigenvalue weighted by atomic mass is 32.1. The summed E-state index contributed by atoms with van der Waals surface area (Å²) in [6.45, 7) is 10.7. The number of thiazole rings is 1. The van der Waals surface area contributed by atoms with Crippen LogP contribution >= 0.6 is 11.3 Å². The Morgan fingerprint density at radius 3 is 1.91 bits per heavy atom. The summed E-state index contributed by atoms with van der Waals surface area (Å²) < 4.78 is 75.9. The first-order valence-corrected chi connectivity index (χ1v) is 20.0. The van der Waals surface area contributed by atoms with Crippen LogP contribution in [0.5, 0.6) is 5.88 Å². The second-order valence-corrected chi connectivity index (χ2v) is 14.2. The first-order valence-electron chi connectivity index (χ1n) is 19.1. The number of carbonyl (C=O) groups is 3. The van der Waals surface area contributed by atoms with Gasteiger partial charge in [-0.15, -0.1) is 11.3 Å². The lowest BCUT2D eigenvalue weighted by atomic mass is 9.97.